The Morgan fingerprint density at radius 3 is 2.36 bits per heavy atom. The number of urea groups is 1. The third-order valence-electron chi connectivity index (χ3n) is 3.38. The normalized spacial score (nSPS) is 11.5. The summed E-state index contributed by atoms with van der Waals surface area (Å²) in [5.74, 6) is 0. The van der Waals surface area contributed by atoms with Gasteiger partial charge in [-0.25, -0.2) is 4.79 Å². The maximum absolute atomic E-state index is 11.9. The molecule has 0 aromatic heterocycles. The number of carbonyl (C=O) groups excluding carboxylic acids is 1. The Morgan fingerprint density at radius 2 is 1.86 bits per heavy atom. The molecule has 0 aliphatic heterocycles. The maximum Gasteiger partial charge on any atom is 0.323 e. The molecule has 4 heteroatoms. The van der Waals surface area contributed by atoms with Crippen LogP contribution >= 0.6 is 0 Å². The van der Waals surface area contributed by atoms with E-state index in [1.54, 1.807) is 6.20 Å². The van der Waals surface area contributed by atoms with Gasteiger partial charge >= 0.3 is 6.03 Å². The number of anilines is 2. The Bertz CT molecular complexity index is 526. The van der Waals surface area contributed by atoms with Gasteiger partial charge in [-0.15, -0.1) is 0 Å². The molecule has 0 aliphatic rings. The molecule has 0 fully saturated rings. The van der Waals surface area contributed by atoms with Crippen molar-refractivity contribution >= 4 is 17.4 Å². The average molecular weight is 303 g/mol. The second kappa shape index (κ2) is 7.87. The van der Waals surface area contributed by atoms with Crippen LogP contribution in [0.15, 0.2) is 30.5 Å². The number of carbonyl (C=O) groups is 1. The molecule has 0 heterocycles. The standard InChI is InChI=1S/C18H29N3O/c1-7-21(8-2)15-9-10-16(14(3)13-15)20-17(22)19-12-11-18(4,5)6/h9-13H,7-8H2,1-6H3,(H2,19,20,22)/b12-11+. The lowest BCUT2D eigenvalue weighted by molar-refractivity contribution is 0.255. The van der Waals surface area contributed by atoms with Crippen molar-refractivity contribution in [1.82, 2.24) is 5.32 Å². The lowest BCUT2D eigenvalue weighted by Crippen LogP contribution is -2.25. The molecule has 0 bridgehead atoms. The van der Waals surface area contributed by atoms with Gasteiger partial charge in [-0.3, -0.25) is 0 Å². The first kappa shape index (κ1) is 18.1. The quantitative estimate of drug-likeness (QED) is 0.840. The SMILES string of the molecule is CCN(CC)c1ccc(NC(=O)N/C=C/C(C)(C)C)c(C)c1. The van der Waals surface area contributed by atoms with E-state index < -0.39 is 0 Å². The molecule has 4 nitrogen and oxygen atoms in total. The minimum absolute atomic E-state index is 0.0502. The number of nitrogens with zero attached hydrogens (tertiary/aromatic N) is 1. The van der Waals surface area contributed by atoms with Crippen LogP contribution in [0.3, 0.4) is 0 Å². The Morgan fingerprint density at radius 1 is 1.23 bits per heavy atom. The monoisotopic (exact) mass is 303 g/mol. The van der Waals surface area contributed by atoms with E-state index in [1.807, 2.05) is 25.1 Å². The van der Waals surface area contributed by atoms with Crippen molar-refractivity contribution in [1.29, 1.82) is 0 Å². The summed E-state index contributed by atoms with van der Waals surface area (Å²) in [5.41, 5.74) is 3.12. The summed E-state index contributed by atoms with van der Waals surface area (Å²) in [5, 5.41) is 5.61. The maximum atomic E-state index is 11.9. The molecule has 0 saturated heterocycles. The van der Waals surface area contributed by atoms with Crippen LogP contribution in [-0.2, 0) is 0 Å². The second-order valence-electron chi connectivity index (χ2n) is 6.47. The van der Waals surface area contributed by atoms with E-state index in [1.165, 1.54) is 5.69 Å². The van der Waals surface area contributed by atoms with Gasteiger partial charge in [0.15, 0.2) is 0 Å². The average Bonchev–Trinajstić information content (AvgIpc) is 2.41. The summed E-state index contributed by atoms with van der Waals surface area (Å²) in [6.07, 6.45) is 3.65. The van der Waals surface area contributed by atoms with Gasteiger partial charge in [0.2, 0.25) is 0 Å². The zero-order valence-corrected chi connectivity index (χ0v) is 14.7. The summed E-state index contributed by atoms with van der Waals surface area (Å²) in [6.45, 7) is 14.5. The van der Waals surface area contributed by atoms with Gasteiger partial charge in [0.25, 0.3) is 0 Å². The zero-order chi connectivity index (χ0) is 16.8. The number of benzene rings is 1. The van der Waals surface area contributed by atoms with Crippen LogP contribution in [0.2, 0.25) is 0 Å². The van der Waals surface area contributed by atoms with E-state index in [4.69, 9.17) is 0 Å². The number of allylic oxidation sites excluding steroid dienone is 1. The first-order chi connectivity index (χ1) is 10.3. The summed E-state index contributed by atoms with van der Waals surface area (Å²) >= 11 is 0. The molecule has 2 amide bonds. The van der Waals surface area contributed by atoms with E-state index in [9.17, 15) is 4.79 Å². The molecule has 0 unspecified atom stereocenters. The Labute approximate surface area is 134 Å². The lowest BCUT2D eigenvalue weighted by atomic mass is 9.97. The number of amides is 2. The summed E-state index contributed by atoms with van der Waals surface area (Å²) in [6, 6.07) is 5.88. The highest BCUT2D eigenvalue weighted by atomic mass is 16.2. The van der Waals surface area contributed by atoms with Gasteiger partial charge in [-0.2, -0.15) is 0 Å². The van der Waals surface area contributed by atoms with Crippen LogP contribution in [0.4, 0.5) is 16.2 Å². The van der Waals surface area contributed by atoms with E-state index in [-0.39, 0.29) is 11.4 Å². The van der Waals surface area contributed by atoms with Crippen molar-refractivity contribution in [2.24, 2.45) is 5.41 Å². The molecule has 0 saturated carbocycles. The van der Waals surface area contributed by atoms with Gasteiger partial charge in [-0.1, -0.05) is 26.8 Å². The van der Waals surface area contributed by atoms with Crippen LogP contribution in [0.5, 0.6) is 0 Å². The summed E-state index contributed by atoms with van der Waals surface area (Å²) < 4.78 is 0. The number of nitrogens with one attached hydrogen (secondary N) is 2. The van der Waals surface area contributed by atoms with Gasteiger partial charge in [0.1, 0.15) is 0 Å². The molecule has 2 N–H and O–H groups in total. The van der Waals surface area contributed by atoms with E-state index in [0.717, 1.165) is 24.3 Å². The predicted molar refractivity (Wildman–Crippen MR) is 95.5 cm³/mol. The summed E-state index contributed by atoms with van der Waals surface area (Å²) in [4.78, 5) is 14.2. The second-order valence-corrected chi connectivity index (χ2v) is 6.47. The molecular weight excluding hydrogens is 274 g/mol. The van der Waals surface area contributed by atoms with Crippen LogP contribution in [0, 0.1) is 12.3 Å². The highest BCUT2D eigenvalue weighted by Crippen LogP contribution is 2.22. The molecule has 0 spiro atoms. The van der Waals surface area contributed by atoms with Crippen LogP contribution in [-0.4, -0.2) is 19.1 Å². The van der Waals surface area contributed by atoms with Crippen molar-refractivity contribution < 1.29 is 4.79 Å². The third kappa shape index (κ3) is 5.80. The highest BCUT2D eigenvalue weighted by Gasteiger charge is 2.08. The molecule has 0 radical (unpaired) electrons. The largest absolute Gasteiger partial charge is 0.372 e. The van der Waals surface area contributed by atoms with Crippen molar-refractivity contribution in [2.75, 3.05) is 23.3 Å². The number of rotatable bonds is 5. The Balaban J connectivity index is 2.70. The number of aryl methyl sites for hydroxylation is 1. The fourth-order valence-electron chi connectivity index (χ4n) is 2.10. The predicted octanol–water partition coefficient (Wildman–Crippen LogP) is 4.52. The van der Waals surface area contributed by atoms with Crippen molar-refractivity contribution in [2.45, 2.75) is 41.5 Å². The molecule has 1 aromatic rings. The first-order valence-corrected chi connectivity index (χ1v) is 7.87. The highest BCUT2D eigenvalue weighted by molar-refractivity contribution is 5.91. The Kier molecular flexibility index (Phi) is 6.47. The first-order valence-electron chi connectivity index (χ1n) is 7.87. The van der Waals surface area contributed by atoms with Crippen molar-refractivity contribution in [3.8, 4) is 0 Å². The van der Waals surface area contributed by atoms with Gasteiger partial charge < -0.3 is 15.5 Å². The molecule has 22 heavy (non-hydrogen) atoms. The third-order valence-corrected chi connectivity index (χ3v) is 3.38. The molecule has 1 aromatic carbocycles. The minimum Gasteiger partial charge on any atom is -0.372 e. The van der Waals surface area contributed by atoms with Crippen molar-refractivity contribution in [3.05, 3.63) is 36.0 Å². The molecular formula is C18H29N3O. The van der Waals surface area contributed by atoms with E-state index in [0.29, 0.717) is 0 Å². The van der Waals surface area contributed by atoms with E-state index >= 15 is 0 Å². The molecule has 122 valence electrons. The Hall–Kier alpha value is -1.97. The van der Waals surface area contributed by atoms with Gasteiger partial charge in [0, 0.05) is 30.7 Å². The lowest BCUT2D eigenvalue weighted by Gasteiger charge is -2.22. The fourth-order valence-corrected chi connectivity index (χ4v) is 2.10. The van der Waals surface area contributed by atoms with Crippen molar-refractivity contribution in [3.63, 3.8) is 0 Å². The minimum atomic E-state index is -0.223. The van der Waals surface area contributed by atoms with Crippen LogP contribution < -0.4 is 15.5 Å². The number of hydrogen-bond donors (Lipinski definition) is 2. The smallest absolute Gasteiger partial charge is 0.323 e. The van der Waals surface area contributed by atoms with Gasteiger partial charge in [0.05, 0.1) is 0 Å². The molecule has 0 atom stereocenters. The zero-order valence-electron chi connectivity index (χ0n) is 14.7. The van der Waals surface area contributed by atoms with Gasteiger partial charge in [-0.05, 0) is 49.9 Å². The summed E-state index contributed by atoms with van der Waals surface area (Å²) in [7, 11) is 0. The number of hydrogen-bond acceptors (Lipinski definition) is 2. The topological polar surface area (TPSA) is 44.4 Å². The van der Waals surface area contributed by atoms with Crippen LogP contribution in [0.1, 0.15) is 40.2 Å². The molecule has 0 aliphatic carbocycles. The van der Waals surface area contributed by atoms with E-state index in [2.05, 4.69) is 56.2 Å². The fraction of sp³-hybridized carbons (Fsp3) is 0.500. The molecule has 1 rings (SSSR count). The van der Waals surface area contributed by atoms with Crippen LogP contribution in [0.25, 0.3) is 0 Å².